The zero-order chi connectivity index (χ0) is 26.9. The maximum absolute atomic E-state index is 12.8. The van der Waals surface area contributed by atoms with E-state index in [9.17, 15) is 29.7 Å². The Morgan fingerprint density at radius 1 is 1.00 bits per heavy atom. The number of nitrogens with one attached hydrogen (secondary N) is 2. The van der Waals surface area contributed by atoms with Crippen molar-refractivity contribution in [2.75, 3.05) is 13.7 Å². The second-order valence-electron chi connectivity index (χ2n) is 10.6. The molecule has 1 saturated carbocycles. The quantitative estimate of drug-likeness (QED) is 0.222. The first kappa shape index (κ1) is 30.0. The third-order valence-corrected chi connectivity index (χ3v) is 6.31. The molecule has 1 aliphatic heterocycles. The molecular formula is C25H42N2O9. The van der Waals surface area contributed by atoms with E-state index in [-0.39, 0.29) is 24.5 Å². The van der Waals surface area contributed by atoms with Crippen molar-refractivity contribution in [1.29, 1.82) is 0 Å². The fraction of sp³-hybridized carbons (Fsp3) is 0.800. The van der Waals surface area contributed by atoms with E-state index >= 15 is 0 Å². The zero-order valence-corrected chi connectivity index (χ0v) is 21.6. The van der Waals surface area contributed by atoms with E-state index in [1.807, 2.05) is 20.8 Å². The molecule has 2 aliphatic rings. The normalized spacial score (nSPS) is 25.2. The molecular weight excluding hydrogens is 472 g/mol. The summed E-state index contributed by atoms with van der Waals surface area (Å²) in [5.41, 5.74) is -0.259. The summed E-state index contributed by atoms with van der Waals surface area (Å²) in [6, 6.07) is -0.965. The summed E-state index contributed by atoms with van der Waals surface area (Å²) in [5, 5.41) is 36.1. The van der Waals surface area contributed by atoms with Crippen molar-refractivity contribution in [2.24, 2.45) is 5.41 Å². The zero-order valence-electron chi connectivity index (χ0n) is 21.6. The molecule has 1 heterocycles. The summed E-state index contributed by atoms with van der Waals surface area (Å²) in [4.78, 5) is 37.4. The molecule has 0 aromatic heterocycles. The van der Waals surface area contributed by atoms with Gasteiger partial charge >= 0.3 is 6.16 Å². The second-order valence-corrected chi connectivity index (χ2v) is 10.6. The molecule has 2 amide bonds. The number of carbonyl (C=O) groups is 3. The third kappa shape index (κ3) is 9.68. The highest BCUT2D eigenvalue weighted by atomic mass is 16.7. The van der Waals surface area contributed by atoms with E-state index in [1.165, 1.54) is 13.2 Å². The fourth-order valence-electron chi connectivity index (χ4n) is 4.18. The first-order chi connectivity index (χ1) is 16.9. The highest BCUT2D eigenvalue weighted by Gasteiger charge is 2.37. The SMILES string of the molecule is CO[C@@H](C(=O)N[C@H]1CC[C@@H](OC(=O)OC2CCCCC2)CNC1=O)[C@H](O)[C@@H](O)[C@H](O)C=CC(C)(C)C. The molecule has 5 N–H and O–H groups in total. The predicted molar refractivity (Wildman–Crippen MR) is 130 cm³/mol. The molecule has 2 rings (SSSR count). The molecule has 0 aromatic rings. The lowest BCUT2D eigenvalue weighted by molar-refractivity contribution is -0.150. The number of ether oxygens (including phenoxy) is 3. The first-order valence-electron chi connectivity index (χ1n) is 12.6. The van der Waals surface area contributed by atoms with Gasteiger partial charge in [0.25, 0.3) is 5.91 Å². The minimum atomic E-state index is -1.76. The van der Waals surface area contributed by atoms with Crippen LogP contribution >= 0.6 is 0 Å². The molecule has 11 heteroatoms. The summed E-state index contributed by atoms with van der Waals surface area (Å²) in [5.74, 6) is -1.31. The van der Waals surface area contributed by atoms with Crippen LogP contribution in [0.2, 0.25) is 0 Å². The number of carbonyl (C=O) groups excluding carboxylic acids is 3. The lowest BCUT2D eigenvalue weighted by Gasteiger charge is -2.28. The van der Waals surface area contributed by atoms with Gasteiger partial charge in [-0.05, 0) is 43.9 Å². The molecule has 1 aliphatic carbocycles. The van der Waals surface area contributed by atoms with Gasteiger partial charge in [0.05, 0.1) is 6.54 Å². The van der Waals surface area contributed by atoms with E-state index < -0.39 is 54.5 Å². The Bertz CT molecular complexity index is 761. The minimum Gasteiger partial charge on any atom is -0.431 e. The number of amides is 2. The smallest absolute Gasteiger partial charge is 0.431 e. The van der Waals surface area contributed by atoms with Gasteiger partial charge in [-0.25, -0.2) is 4.79 Å². The fourth-order valence-corrected chi connectivity index (χ4v) is 4.18. The number of aliphatic hydroxyl groups excluding tert-OH is 3. The van der Waals surface area contributed by atoms with Crippen molar-refractivity contribution in [1.82, 2.24) is 10.6 Å². The third-order valence-electron chi connectivity index (χ3n) is 6.31. The van der Waals surface area contributed by atoms with Crippen LogP contribution in [-0.2, 0) is 23.8 Å². The van der Waals surface area contributed by atoms with E-state index in [4.69, 9.17) is 14.2 Å². The van der Waals surface area contributed by atoms with E-state index in [0.29, 0.717) is 6.42 Å². The lowest BCUT2D eigenvalue weighted by atomic mass is 9.94. The van der Waals surface area contributed by atoms with Crippen LogP contribution in [0.3, 0.4) is 0 Å². The summed E-state index contributed by atoms with van der Waals surface area (Å²) >= 11 is 0. The van der Waals surface area contributed by atoms with Gasteiger partial charge in [-0.2, -0.15) is 0 Å². The maximum atomic E-state index is 12.8. The minimum absolute atomic E-state index is 0.0757. The molecule has 0 unspecified atom stereocenters. The monoisotopic (exact) mass is 514 g/mol. The Kier molecular flexibility index (Phi) is 11.6. The summed E-state index contributed by atoms with van der Waals surface area (Å²) in [6.45, 7) is 5.78. The Morgan fingerprint density at radius 2 is 1.64 bits per heavy atom. The van der Waals surface area contributed by atoms with E-state index in [2.05, 4.69) is 10.6 Å². The number of allylic oxidation sites excluding steroid dienone is 1. The Morgan fingerprint density at radius 3 is 2.25 bits per heavy atom. The molecule has 206 valence electrons. The van der Waals surface area contributed by atoms with Crippen LogP contribution in [0.5, 0.6) is 0 Å². The summed E-state index contributed by atoms with van der Waals surface area (Å²) < 4.78 is 15.8. The molecule has 0 aromatic carbocycles. The van der Waals surface area contributed by atoms with Gasteiger partial charge in [-0.1, -0.05) is 39.3 Å². The van der Waals surface area contributed by atoms with Gasteiger partial charge in [-0.15, -0.1) is 0 Å². The first-order valence-corrected chi connectivity index (χ1v) is 12.6. The highest BCUT2D eigenvalue weighted by molar-refractivity contribution is 5.89. The van der Waals surface area contributed by atoms with Crippen LogP contribution in [0, 0.1) is 5.41 Å². The van der Waals surface area contributed by atoms with Crippen LogP contribution in [0.4, 0.5) is 4.79 Å². The molecule has 2 fully saturated rings. The van der Waals surface area contributed by atoms with Gasteiger partial charge < -0.3 is 40.2 Å². The van der Waals surface area contributed by atoms with Crippen LogP contribution in [0.1, 0.15) is 65.7 Å². The molecule has 0 spiro atoms. The summed E-state index contributed by atoms with van der Waals surface area (Å²) in [7, 11) is 1.17. The Hall–Kier alpha value is -2.21. The molecule has 6 atom stereocenters. The van der Waals surface area contributed by atoms with Gasteiger partial charge in [0.1, 0.15) is 36.6 Å². The van der Waals surface area contributed by atoms with Crippen molar-refractivity contribution in [2.45, 2.75) is 108 Å². The van der Waals surface area contributed by atoms with Crippen molar-refractivity contribution >= 4 is 18.0 Å². The van der Waals surface area contributed by atoms with Crippen LogP contribution < -0.4 is 10.6 Å². The number of hydrogen-bond acceptors (Lipinski definition) is 9. The van der Waals surface area contributed by atoms with E-state index in [0.717, 1.165) is 32.1 Å². The average Bonchev–Trinajstić information content (AvgIpc) is 2.98. The second kappa shape index (κ2) is 13.9. The largest absolute Gasteiger partial charge is 0.508 e. The van der Waals surface area contributed by atoms with Gasteiger partial charge in [-0.3, -0.25) is 9.59 Å². The topological polar surface area (TPSA) is 164 Å². The molecule has 36 heavy (non-hydrogen) atoms. The molecule has 1 saturated heterocycles. The van der Waals surface area contributed by atoms with Crippen molar-refractivity contribution in [3.05, 3.63) is 12.2 Å². The Balaban J connectivity index is 1.89. The molecule has 11 nitrogen and oxygen atoms in total. The van der Waals surface area contributed by atoms with Crippen molar-refractivity contribution in [3.63, 3.8) is 0 Å². The maximum Gasteiger partial charge on any atom is 0.508 e. The van der Waals surface area contributed by atoms with Gasteiger partial charge in [0.2, 0.25) is 5.91 Å². The number of aliphatic hydroxyl groups is 3. The van der Waals surface area contributed by atoms with Crippen molar-refractivity contribution in [3.8, 4) is 0 Å². The number of hydrogen-bond donors (Lipinski definition) is 5. The summed E-state index contributed by atoms with van der Waals surface area (Å²) in [6.07, 6.45) is 0.331. The van der Waals surface area contributed by atoms with E-state index in [1.54, 1.807) is 6.08 Å². The molecule has 0 bridgehead atoms. The lowest BCUT2D eigenvalue weighted by Crippen LogP contribution is -2.55. The van der Waals surface area contributed by atoms with Gasteiger partial charge in [0, 0.05) is 7.11 Å². The highest BCUT2D eigenvalue weighted by Crippen LogP contribution is 2.21. The number of rotatable bonds is 9. The van der Waals surface area contributed by atoms with Crippen LogP contribution in [0.15, 0.2) is 12.2 Å². The van der Waals surface area contributed by atoms with Crippen LogP contribution in [0.25, 0.3) is 0 Å². The van der Waals surface area contributed by atoms with Crippen LogP contribution in [-0.4, -0.2) is 89.6 Å². The number of methoxy groups -OCH3 is 1. The predicted octanol–water partition coefficient (Wildman–Crippen LogP) is 0.936. The Labute approximate surface area is 212 Å². The molecule has 0 radical (unpaired) electrons. The average molecular weight is 515 g/mol. The van der Waals surface area contributed by atoms with Gasteiger partial charge in [0.15, 0.2) is 6.10 Å². The standard InChI is InChI=1S/C25H42N2O9/c1-25(2,3)13-12-18(28)19(29)20(30)21(34-4)23(32)27-17-11-10-16(14-26-22(17)31)36-24(33)35-15-8-6-5-7-9-15/h12-13,15-21,28-30H,5-11,14H2,1-4H3,(H,26,31)(H,27,32)/t16-,17+,18-,19+,20-,21-/m1/s1. The van der Waals surface area contributed by atoms with Crippen molar-refractivity contribution < 1.29 is 43.9 Å².